The zero-order chi connectivity index (χ0) is 21.9. The number of hydrogen-bond donors (Lipinski definition) is 0. The summed E-state index contributed by atoms with van der Waals surface area (Å²) in [5.41, 5.74) is -2.09. The zero-order valence-electron chi connectivity index (χ0n) is 16.8. The van der Waals surface area contributed by atoms with Crippen LogP contribution in [0.25, 0.3) is 0 Å². The quantitative estimate of drug-likeness (QED) is 0.399. The fourth-order valence-corrected chi connectivity index (χ4v) is 2.89. The first-order valence-corrected chi connectivity index (χ1v) is 8.76. The van der Waals surface area contributed by atoms with E-state index in [-0.39, 0.29) is 0 Å². The maximum absolute atomic E-state index is 14.2. The van der Waals surface area contributed by atoms with Crippen molar-refractivity contribution < 1.29 is 31.8 Å². The van der Waals surface area contributed by atoms with Gasteiger partial charge in [-0.05, 0) is 12.3 Å². The van der Waals surface area contributed by atoms with Crippen LogP contribution < -0.4 is 0 Å². The number of rotatable bonds is 6. The number of carbonyl (C=O) groups excluding carboxylic acids is 1. The molecule has 1 atom stereocenters. The summed E-state index contributed by atoms with van der Waals surface area (Å²) in [7, 11) is 1.13. The van der Waals surface area contributed by atoms with Gasteiger partial charge in [-0.25, -0.2) is 27.5 Å². The minimum atomic E-state index is -1.63. The number of aryl methyl sites for hydroxylation is 1. The number of esters is 1. The first kappa shape index (κ1) is 22.7. The molecule has 0 fully saturated rings. The van der Waals surface area contributed by atoms with Gasteiger partial charge < -0.3 is 9.47 Å². The van der Waals surface area contributed by atoms with Gasteiger partial charge in [-0.15, -0.1) is 0 Å². The molecule has 2 rings (SSSR count). The van der Waals surface area contributed by atoms with Crippen LogP contribution in [0.3, 0.4) is 0 Å². The third kappa shape index (κ3) is 4.90. The number of nitrogens with zero attached hydrogens (tertiary/aromatic N) is 2. The summed E-state index contributed by atoms with van der Waals surface area (Å²) < 4.78 is 66.1. The molecule has 1 aromatic heterocycles. The Hall–Kier alpha value is -2.55. The van der Waals surface area contributed by atoms with E-state index in [1.54, 1.807) is 27.7 Å². The Morgan fingerprint density at radius 1 is 0.966 bits per heavy atom. The lowest BCUT2D eigenvalue weighted by Crippen LogP contribution is -2.29. The van der Waals surface area contributed by atoms with Crippen LogP contribution in [-0.2, 0) is 27.5 Å². The summed E-state index contributed by atoms with van der Waals surface area (Å²) in [5.74, 6) is -7.63. The molecular formula is C20H22F4N2O3. The van der Waals surface area contributed by atoms with Crippen LogP contribution in [0.4, 0.5) is 17.6 Å². The Bertz CT molecular complexity index is 867. The first-order chi connectivity index (χ1) is 13.5. The number of methoxy groups -OCH3 is 1. The van der Waals surface area contributed by atoms with E-state index in [1.807, 2.05) is 0 Å². The van der Waals surface area contributed by atoms with Crippen molar-refractivity contribution in [2.45, 2.75) is 46.8 Å². The highest BCUT2D eigenvalue weighted by atomic mass is 19.2. The molecule has 0 aliphatic rings. The molecule has 9 heteroatoms. The van der Waals surface area contributed by atoms with E-state index in [4.69, 9.17) is 4.74 Å². The van der Waals surface area contributed by atoms with Crippen LogP contribution in [0.5, 0.6) is 0 Å². The molecule has 1 aromatic carbocycles. The van der Waals surface area contributed by atoms with E-state index < -0.39 is 64.9 Å². The van der Waals surface area contributed by atoms with Gasteiger partial charge in [-0.3, -0.25) is 4.79 Å². The number of aromatic nitrogens is 2. The molecule has 158 valence electrons. The fraction of sp³-hybridized carbons (Fsp3) is 0.450. The van der Waals surface area contributed by atoms with E-state index in [0.717, 1.165) is 7.11 Å². The molecule has 0 amide bonds. The topological polar surface area (TPSA) is 61.3 Å². The Kier molecular flexibility index (Phi) is 6.94. The summed E-state index contributed by atoms with van der Waals surface area (Å²) in [6, 6.07) is 0. The fourth-order valence-electron chi connectivity index (χ4n) is 2.89. The average molecular weight is 414 g/mol. The predicted octanol–water partition coefficient (Wildman–Crippen LogP) is 4.36. The highest BCUT2D eigenvalue weighted by Gasteiger charge is 2.35. The summed E-state index contributed by atoms with van der Waals surface area (Å²) in [6.07, 6.45) is 2.92. The molecule has 0 aliphatic heterocycles. The van der Waals surface area contributed by atoms with Crippen molar-refractivity contribution in [2.24, 2.45) is 5.41 Å². The second-order valence-corrected chi connectivity index (χ2v) is 7.62. The molecular weight excluding hydrogens is 392 g/mol. The molecule has 1 unspecified atom stereocenters. The summed E-state index contributed by atoms with van der Waals surface area (Å²) in [6.45, 7) is 5.34. The van der Waals surface area contributed by atoms with Gasteiger partial charge in [0.2, 0.25) is 0 Å². The van der Waals surface area contributed by atoms with Crippen LogP contribution in [0.1, 0.15) is 49.2 Å². The monoisotopic (exact) mass is 414 g/mol. The van der Waals surface area contributed by atoms with E-state index in [0.29, 0.717) is 11.4 Å². The van der Waals surface area contributed by atoms with E-state index in [1.165, 1.54) is 12.4 Å². The smallest absolute Gasteiger partial charge is 0.314 e. The van der Waals surface area contributed by atoms with E-state index in [9.17, 15) is 22.4 Å². The SMILES string of the molecule is COCc1c(F)c(F)c(COC(=O)C(c2cnc(C)nc2)C(C)(C)C)c(F)c1F. The van der Waals surface area contributed by atoms with E-state index in [2.05, 4.69) is 14.7 Å². The van der Waals surface area contributed by atoms with Gasteiger partial charge in [0.25, 0.3) is 0 Å². The summed E-state index contributed by atoms with van der Waals surface area (Å²) >= 11 is 0. The Morgan fingerprint density at radius 3 is 1.83 bits per heavy atom. The highest BCUT2D eigenvalue weighted by molar-refractivity contribution is 5.79. The second-order valence-electron chi connectivity index (χ2n) is 7.62. The van der Waals surface area contributed by atoms with Crippen LogP contribution in [0, 0.1) is 35.6 Å². The number of hydrogen-bond acceptors (Lipinski definition) is 5. The molecule has 0 N–H and O–H groups in total. The van der Waals surface area contributed by atoms with Gasteiger partial charge in [-0.2, -0.15) is 0 Å². The maximum Gasteiger partial charge on any atom is 0.314 e. The Labute approximate surface area is 166 Å². The maximum atomic E-state index is 14.2. The standard InChI is InChI=1S/C20H22F4N2O3/c1-10-25-6-11(7-26-10)14(20(2,3)4)19(27)29-9-13-17(23)15(21)12(8-28-5)16(22)18(13)24/h6-7,14H,8-9H2,1-5H3. The van der Waals surface area contributed by atoms with E-state index >= 15 is 0 Å². The van der Waals surface area contributed by atoms with Crippen molar-refractivity contribution >= 4 is 5.97 Å². The minimum absolute atomic E-state index is 0.446. The van der Waals surface area contributed by atoms with Gasteiger partial charge in [0.05, 0.1) is 23.7 Å². The van der Waals surface area contributed by atoms with Crippen molar-refractivity contribution in [3.05, 3.63) is 58.2 Å². The second kappa shape index (κ2) is 8.86. The van der Waals surface area contributed by atoms with Crippen LogP contribution in [0.2, 0.25) is 0 Å². The lowest BCUT2D eigenvalue weighted by atomic mass is 9.77. The molecule has 0 bridgehead atoms. The van der Waals surface area contributed by atoms with Crippen molar-refractivity contribution in [3.63, 3.8) is 0 Å². The molecule has 0 saturated carbocycles. The number of halogens is 4. The first-order valence-electron chi connectivity index (χ1n) is 8.76. The Balaban J connectivity index is 2.32. The summed E-state index contributed by atoms with van der Waals surface area (Å²) in [5, 5.41) is 0. The normalized spacial score (nSPS) is 12.7. The minimum Gasteiger partial charge on any atom is -0.460 e. The van der Waals surface area contributed by atoms with Gasteiger partial charge in [0, 0.05) is 25.1 Å². The van der Waals surface area contributed by atoms with Crippen molar-refractivity contribution in [1.29, 1.82) is 0 Å². The summed E-state index contributed by atoms with van der Waals surface area (Å²) in [4.78, 5) is 20.8. The molecule has 0 aliphatic carbocycles. The Morgan fingerprint density at radius 2 is 1.41 bits per heavy atom. The van der Waals surface area contributed by atoms with Gasteiger partial charge in [0.15, 0.2) is 23.3 Å². The van der Waals surface area contributed by atoms with Crippen molar-refractivity contribution in [3.8, 4) is 0 Å². The van der Waals surface area contributed by atoms with Gasteiger partial charge >= 0.3 is 5.97 Å². The van der Waals surface area contributed by atoms with Gasteiger partial charge in [-0.1, -0.05) is 20.8 Å². The molecule has 2 aromatic rings. The number of carbonyl (C=O) groups is 1. The molecule has 29 heavy (non-hydrogen) atoms. The van der Waals surface area contributed by atoms with Crippen molar-refractivity contribution in [2.75, 3.05) is 7.11 Å². The predicted molar refractivity (Wildman–Crippen MR) is 95.7 cm³/mol. The lowest BCUT2D eigenvalue weighted by molar-refractivity contribution is -0.149. The van der Waals surface area contributed by atoms with Crippen LogP contribution >= 0.6 is 0 Å². The lowest BCUT2D eigenvalue weighted by Gasteiger charge is -2.28. The number of benzene rings is 1. The van der Waals surface area contributed by atoms with Crippen LogP contribution in [0.15, 0.2) is 12.4 Å². The third-order valence-electron chi connectivity index (χ3n) is 4.33. The molecule has 5 nitrogen and oxygen atoms in total. The average Bonchev–Trinajstić information content (AvgIpc) is 2.64. The highest BCUT2D eigenvalue weighted by Crippen LogP contribution is 2.36. The van der Waals surface area contributed by atoms with Gasteiger partial charge in [0.1, 0.15) is 12.4 Å². The van der Waals surface area contributed by atoms with Crippen molar-refractivity contribution in [1.82, 2.24) is 9.97 Å². The molecule has 0 radical (unpaired) electrons. The largest absolute Gasteiger partial charge is 0.460 e. The molecule has 0 spiro atoms. The molecule has 1 heterocycles. The van der Waals surface area contributed by atoms with Crippen LogP contribution in [-0.4, -0.2) is 23.0 Å². The zero-order valence-corrected chi connectivity index (χ0v) is 16.8. The third-order valence-corrected chi connectivity index (χ3v) is 4.33. The number of ether oxygens (including phenoxy) is 2. The molecule has 0 saturated heterocycles.